The number of rotatable bonds is 44. The van der Waals surface area contributed by atoms with Crippen molar-refractivity contribution in [3.63, 3.8) is 0 Å². The molecule has 0 amide bonds. The Bertz CT molecular complexity index is 8890. The van der Waals surface area contributed by atoms with Gasteiger partial charge in [0.15, 0.2) is 44.1 Å². The number of carbonyl (C=O) groups excluding carboxylic acids is 4. The van der Waals surface area contributed by atoms with E-state index in [1.807, 2.05) is 0 Å². The Labute approximate surface area is 795 Å². The fourth-order valence-corrected chi connectivity index (χ4v) is 36.9. The Morgan fingerprint density at radius 3 is 0.384 bits per heavy atom. The smallest absolute Gasteiger partial charge is 0.326 e. The van der Waals surface area contributed by atoms with Crippen molar-refractivity contribution in [2.24, 2.45) is 10.8 Å². The molecular weight excluding hydrogens is 1800 g/mol. The van der Waals surface area contributed by atoms with Crippen molar-refractivity contribution in [1.82, 2.24) is 0 Å². The summed E-state index contributed by atoms with van der Waals surface area (Å²) in [4.78, 5) is 73.0. The number of hydrogen-bond donors (Lipinski definition) is 0. The molecule has 4 unspecified atom stereocenters. The van der Waals surface area contributed by atoms with Gasteiger partial charge in [-0.15, -0.1) is 0 Å². The van der Waals surface area contributed by atoms with Crippen LogP contribution in [0, 0.1) is 10.8 Å². The van der Waals surface area contributed by atoms with Crippen molar-refractivity contribution in [2.75, 3.05) is 159 Å². The second kappa shape index (κ2) is 23.7. The Kier molecular flexibility index (Phi) is 14.0. The minimum atomic E-state index is -2.06. The van der Waals surface area contributed by atoms with E-state index in [0.29, 0.717) is 79.3 Å². The van der Waals surface area contributed by atoms with Crippen molar-refractivity contribution in [3.8, 4) is 0 Å². The molecule has 10 aliphatic rings. The van der Waals surface area contributed by atoms with E-state index in [1.54, 1.807) is 0 Å². The summed E-state index contributed by atoms with van der Waals surface area (Å²) in [6, 6.07) is 0. The molecule has 0 aliphatic heterocycles. The van der Waals surface area contributed by atoms with Crippen LogP contribution in [0.2, 0.25) is 72.5 Å². The average molecular weight is 1910 g/mol. The summed E-state index contributed by atoms with van der Waals surface area (Å²) in [7, 11) is -8.00. The molecule has 24 aromatic carbocycles. The maximum Gasteiger partial charge on any atom is 0.326 e. The van der Waals surface area contributed by atoms with Gasteiger partial charge in [0.25, 0.3) is 0 Å². The van der Waals surface area contributed by atoms with Gasteiger partial charge in [-0.2, -0.15) is 0 Å². The van der Waals surface area contributed by atoms with E-state index >= 15 is 19.2 Å². The third kappa shape index (κ3) is 7.31. The van der Waals surface area contributed by atoms with E-state index < -0.39 is 89.6 Å². The highest BCUT2D eigenvalue weighted by molar-refractivity contribution is 6.80. The van der Waals surface area contributed by atoms with Gasteiger partial charge in [0.05, 0.1) is 154 Å². The fourth-order valence-electron chi connectivity index (χ4n) is 32.8. The molecule has 10 aliphatic carbocycles. The zero-order chi connectivity index (χ0) is 93.9. The number of esters is 4. The third-order valence-corrected chi connectivity index (χ3v) is 58.9. The lowest BCUT2D eigenvalue weighted by molar-refractivity contribution is -0.170. The molecule has 0 N–H and O–H groups in total. The zero-order valence-corrected chi connectivity index (χ0v) is 86.1. The van der Waals surface area contributed by atoms with Gasteiger partial charge in [0, 0.05) is 0 Å². The van der Waals surface area contributed by atoms with Crippen LogP contribution in [0.5, 0.6) is 0 Å². The van der Waals surface area contributed by atoms with Gasteiger partial charge in [-0.05, 0) is 376 Å². The molecule has 24 aromatic rings. The molecule has 0 aromatic heterocycles. The lowest BCUT2D eigenvalue weighted by Gasteiger charge is -2.36. The van der Waals surface area contributed by atoms with Crippen LogP contribution in [0.4, 0.5) is 0 Å². The molecular formula is C114H108O20Si4. The summed E-state index contributed by atoms with van der Waals surface area (Å²) in [5, 5.41) is 58.0. The van der Waals surface area contributed by atoms with Gasteiger partial charge in [0.2, 0.25) is 0 Å². The zero-order valence-electron chi connectivity index (χ0n) is 82.1. The van der Waals surface area contributed by atoms with Crippen molar-refractivity contribution in [1.29, 1.82) is 0 Å². The largest absolute Gasteiger partial charge is 0.462 e. The first kappa shape index (κ1) is 81.5. The van der Waals surface area contributed by atoms with Crippen molar-refractivity contribution in [2.45, 2.75) is 177 Å². The Balaban J connectivity index is 0.604. The van der Waals surface area contributed by atoms with E-state index in [4.69, 9.17) is 74.5 Å². The molecule has 0 saturated heterocycles. The SMILES string of the molecule is CC(C)(C)[Si](C)(C)OCCOCCOCCOC(=O)C1(C(=O)OCCOCCOCCO[Si](C)(C)C(C)(C)C)C23c4c5c6c7c8c9c(c%10c%11c2c2c4c4c%12c%13c%14c%15c%16c%17c%18c%19c%20c%21c%22c(c%13c4c4c2c2c%11c%11c%10c%10c9c9c%13c8c(c6c%15c5%12)c%16c%13c%18c5c%19c6c%21c(c2c%224)c%11c6c%10c59)C%202C(C(=O)OCCOCCOCCO[Si](C)(C)C(C)(C)C)(C(=O)OCCOCCOCCO[Si](C)(C)C(C)(C)C)C%14%172)C713. The fraction of sp³-hybridized carbons (Fsp3) is 0.474. The predicted octanol–water partition coefficient (Wildman–Crippen LogP) is 23.3. The van der Waals surface area contributed by atoms with E-state index in [0.717, 1.165) is 131 Å². The molecule has 0 radical (unpaired) electrons. The summed E-state index contributed by atoms with van der Waals surface area (Å²) >= 11 is 0. The van der Waals surface area contributed by atoms with Crippen LogP contribution in [0.25, 0.3) is 259 Å². The summed E-state index contributed by atoms with van der Waals surface area (Å²) in [6.45, 7) is 50.7. The average Bonchev–Trinajstić information content (AvgIpc) is 1.34. The molecule has 2 fully saturated rings. The van der Waals surface area contributed by atoms with Crippen molar-refractivity contribution in [3.05, 3.63) is 44.5 Å². The van der Waals surface area contributed by atoms with Crippen LogP contribution < -0.4 is 0 Å². The van der Waals surface area contributed by atoms with Gasteiger partial charge >= 0.3 is 23.9 Å². The van der Waals surface area contributed by atoms with Gasteiger partial charge < -0.3 is 74.5 Å². The molecule has 24 heteroatoms. The van der Waals surface area contributed by atoms with E-state index in [1.165, 1.54) is 172 Å². The summed E-state index contributed by atoms with van der Waals surface area (Å²) in [6.07, 6.45) is 0. The minimum absolute atomic E-state index is 0.0632. The number of ether oxygens (including phenoxy) is 12. The van der Waals surface area contributed by atoms with Crippen LogP contribution in [-0.4, -0.2) is 216 Å². The van der Waals surface area contributed by atoms with Crippen LogP contribution in [-0.2, 0) is 115 Å². The maximum atomic E-state index is 18.2. The first-order valence-electron chi connectivity index (χ1n) is 50.9. The lowest BCUT2D eigenvalue weighted by atomic mass is 9.67. The summed E-state index contributed by atoms with van der Waals surface area (Å²) < 4.78 is 105. The molecule has 138 heavy (non-hydrogen) atoms. The highest BCUT2D eigenvalue weighted by Crippen LogP contribution is 3.00. The van der Waals surface area contributed by atoms with Gasteiger partial charge in [-0.3, -0.25) is 19.2 Å². The predicted molar refractivity (Wildman–Crippen MR) is 555 cm³/mol. The maximum absolute atomic E-state index is 18.2. The third-order valence-electron chi connectivity index (χ3n) is 40.8. The topological polar surface area (TPSA) is 216 Å². The standard InChI is InChI=1S/C114H108O20Si4/c1-105(2,3)135(13,14)131-41-33-123-25-21-119-29-37-127-101(115)113(102(116)128-38-30-120-22-26-124-34-42-132-136(15,16)106(4,5)6)109-93-77-61-49-47-45-46-48-50-52-57-67-55(48)65(53(45)61)81(93)83(67)95-85-69(57)60-64(52)80-78-62(50)54(46)66-56(47)68-58-51(49)63-59-70(58)86-90-74-71(59)87(97(109)79(63)77)91-75(74)76-73(89(85)99(91)111(95,109)113)72(60)88-92(76)100(90)112-96(86)84(68)82(66)94(78)110(112,98(80)88)114(112,103(117)129-39-31-121-23-27-125-35-43-133-137(17,18)107(7,8)9)104(118)130-40-32-122-24-28-126-36-44-134-138(19,20)108(10,11)12/h21-44H2,1-20H3. The Morgan fingerprint density at radius 1 is 0.167 bits per heavy atom. The van der Waals surface area contributed by atoms with Crippen LogP contribution in [0.1, 0.15) is 128 Å². The van der Waals surface area contributed by atoms with E-state index in [9.17, 15) is 0 Å². The molecule has 700 valence electrons. The number of carbonyl (C=O) groups is 4. The monoisotopic (exact) mass is 1910 g/mol. The molecule has 4 atom stereocenters. The van der Waals surface area contributed by atoms with E-state index in [2.05, 4.69) is 135 Å². The van der Waals surface area contributed by atoms with Gasteiger partial charge in [0.1, 0.15) is 26.4 Å². The number of benzene rings is 16. The first-order valence-corrected chi connectivity index (χ1v) is 62.5. The Morgan fingerprint density at radius 2 is 0.268 bits per heavy atom. The van der Waals surface area contributed by atoms with Crippen molar-refractivity contribution >= 4 is 316 Å². The van der Waals surface area contributed by atoms with Gasteiger partial charge in [-0.1, -0.05) is 83.1 Å². The Hall–Kier alpha value is -9.01. The normalized spacial score (nSPS) is 21.4. The molecule has 34 rings (SSSR count). The van der Waals surface area contributed by atoms with Crippen LogP contribution in [0.3, 0.4) is 0 Å². The molecule has 20 nitrogen and oxygen atoms in total. The molecule has 0 heterocycles. The molecule has 4 spiro atoms. The lowest BCUT2D eigenvalue weighted by Crippen LogP contribution is -2.41. The molecule has 2 saturated carbocycles. The van der Waals surface area contributed by atoms with Crippen LogP contribution in [0.15, 0.2) is 0 Å². The highest BCUT2D eigenvalue weighted by Gasteiger charge is 3.04. The van der Waals surface area contributed by atoms with Crippen LogP contribution >= 0.6 is 0 Å². The second-order valence-electron chi connectivity index (χ2n) is 49.4. The highest BCUT2D eigenvalue weighted by atomic mass is 28.4. The quantitative estimate of drug-likeness (QED) is 0.00866. The van der Waals surface area contributed by atoms with Crippen molar-refractivity contribution < 1.29 is 93.7 Å². The molecule has 0 bridgehead atoms. The number of hydrogen-bond acceptors (Lipinski definition) is 20. The second-order valence-corrected chi connectivity index (χ2v) is 68.6. The minimum Gasteiger partial charge on any atom is -0.462 e. The first-order chi connectivity index (χ1) is 66.0. The van der Waals surface area contributed by atoms with E-state index in [-0.39, 0.29) is 99.4 Å². The van der Waals surface area contributed by atoms with Gasteiger partial charge in [-0.25, -0.2) is 0 Å². The summed E-state index contributed by atoms with van der Waals surface area (Å²) in [5.41, 5.74) is -1.24. The summed E-state index contributed by atoms with van der Waals surface area (Å²) in [5.74, 6) is -2.40.